The van der Waals surface area contributed by atoms with E-state index in [4.69, 9.17) is 11.6 Å². The molecule has 1 amide bonds. The van der Waals surface area contributed by atoms with Gasteiger partial charge in [-0.15, -0.1) is 11.3 Å². The fraction of sp³-hybridized carbons (Fsp3) is 0.0417. The Hall–Kier alpha value is -3.88. The SMILES string of the molecule is O=C(Nc1ccc(-c2cc3c(s2)c(=O)ncn3Cc2ccc(Cl)cc2)nc1)c1ccccn1. The minimum absolute atomic E-state index is 0.271. The molecule has 0 spiro atoms. The van der Waals surface area contributed by atoms with E-state index in [9.17, 15) is 9.59 Å². The second kappa shape index (κ2) is 8.93. The zero-order valence-electron chi connectivity index (χ0n) is 17.1. The quantitative estimate of drug-likeness (QED) is 0.393. The lowest BCUT2D eigenvalue weighted by atomic mass is 10.2. The number of anilines is 1. The summed E-state index contributed by atoms with van der Waals surface area (Å²) >= 11 is 7.32. The average Bonchev–Trinajstić information content (AvgIpc) is 3.30. The van der Waals surface area contributed by atoms with Gasteiger partial charge in [0.1, 0.15) is 10.4 Å². The molecule has 0 saturated heterocycles. The summed E-state index contributed by atoms with van der Waals surface area (Å²) in [5, 5.41) is 3.45. The maximum absolute atomic E-state index is 12.4. The number of nitrogens with zero attached hydrogens (tertiary/aromatic N) is 4. The van der Waals surface area contributed by atoms with Crippen LogP contribution in [0.5, 0.6) is 0 Å². The van der Waals surface area contributed by atoms with E-state index >= 15 is 0 Å². The zero-order chi connectivity index (χ0) is 22.8. The zero-order valence-corrected chi connectivity index (χ0v) is 18.7. The minimum atomic E-state index is -0.308. The smallest absolute Gasteiger partial charge is 0.290 e. The third-order valence-electron chi connectivity index (χ3n) is 4.97. The number of hydrogen-bond donors (Lipinski definition) is 1. The molecular formula is C24H16ClN5O2S. The van der Waals surface area contributed by atoms with Crippen LogP contribution in [0.25, 0.3) is 20.8 Å². The van der Waals surface area contributed by atoms with Gasteiger partial charge in [0.2, 0.25) is 0 Å². The molecule has 5 rings (SSSR count). The molecule has 0 saturated carbocycles. The number of nitrogens with one attached hydrogen (secondary N) is 1. The highest BCUT2D eigenvalue weighted by molar-refractivity contribution is 7.22. The van der Waals surface area contributed by atoms with E-state index in [1.165, 1.54) is 11.3 Å². The lowest BCUT2D eigenvalue weighted by Gasteiger charge is -2.07. The van der Waals surface area contributed by atoms with Crippen LogP contribution in [0.4, 0.5) is 5.69 Å². The fourth-order valence-electron chi connectivity index (χ4n) is 3.34. The molecule has 1 N–H and O–H groups in total. The summed E-state index contributed by atoms with van der Waals surface area (Å²) in [7, 11) is 0. The summed E-state index contributed by atoms with van der Waals surface area (Å²) in [5.74, 6) is -0.308. The first-order valence-electron chi connectivity index (χ1n) is 9.99. The molecule has 0 aliphatic carbocycles. The number of halogens is 1. The highest BCUT2D eigenvalue weighted by Gasteiger charge is 2.13. The molecular weight excluding hydrogens is 458 g/mol. The molecule has 4 heterocycles. The summed E-state index contributed by atoms with van der Waals surface area (Å²) in [6, 6.07) is 18.2. The molecule has 0 bridgehead atoms. The first kappa shape index (κ1) is 21.0. The van der Waals surface area contributed by atoms with Crippen molar-refractivity contribution in [2.24, 2.45) is 0 Å². The largest absolute Gasteiger partial charge is 0.326 e. The van der Waals surface area contributed by atoms with Gasteiger partial charge < -0.3 is 9.88 Å². The Morgan fingerprint density at radius 3 is 2.61 bits per heavy atom. The fourth-order valence-corrected chi connectivity index (χ4v) is 4.50. The summed E-state index contributed by atoms with van der Waals surface area (Å²) in [6.07, 6.45) is 4.70. The van der Waals surface area contributed by atoms with Gasteiger partial charge in [0.25, 0.3) is 11.5 Å². The molecule has 33 heavy (non-hydrogen) atoms. The first-order valence-corrected chi connectivity index (χ1v) is 11.2. The Bertz CT molecular complexity index is 1500. The van der Waals surface area contributed by atoms with Crippen molar-refractivity contribution in [2.45, 2.75) is 6.54 Å². The van der Waals surface area contributed by atoms with Crippen LogP contribution in [-0.4, -0.2) is 25.4 Å². The Morgan fingerprint density at radius 1 is 1.03 bits per heavy atom. The number of thiophene rings is 1. The first-order chi connectivity index (χ1) is 16.1. The van der Waals surface area contributed by atoms with E-state index in [1.54, 1.807) is 49.1 Å². The maximum atomic E-state index is 12.4. The van der Waals surface area contributed by atoms with Gasteiger partial charge >= 0.3 is 0 Å². The highest BCUT2D eigenvalue weighted by atomic mass is 35.5. The Morgan fingerprint density at radius 2 is 1.88 bits per heavy atom. The van der Waals surface area contributed by atoms with Crippen molar-refractivity contribution in [1.82, 2.24) is 19.5 Å². The lowest BCUT2D eigenvalue weighted by molar-refractivity contribution is 0.102. The van der Waals surface area contributed by atoms with E-state index in [0.717, 1.165) is 16.0 Å². The maximum Gasteiger partial charge on any atom is 0.290 e. The summed E-state index contributed by atoms with van der Waals surface area (Å²) in [5.41, 5.74) is 3.15. The Kier molecular flexibility index (Phi) is 5.68. The second-order valence-electron chi connectivity index (χ2n) is 7.23. The third-order valence-corrected chi connectivity index (χ3v) is 6.35. The molecule has 0 fully saturated rings. The predicted molar refractivity (Wildman–Crippen MR) is 130 cm³/mol. The number of amides is 1. The monoisotopic (exact) mass is 473 g/mol. The Labute approximate surface area is 197 Å². The standard InChI is InChI=1S/C24H16ClN5O2S/c25-16-6-4-15(5-7-16)13-30-14-28-24(32)22-20(30)11-21(33-22)18-9-8-17(12-27-18)29-23(31)19-3-1-2-10-26-19/h1-12,14H,13H2,(H,29,31). The van der Waals surface area contributed by atoms with Crippen molar-refractivity contribution in [3.8, 4) is 10.6 Å². The van der Waals surface area contributed by atoms with E-state index in [2.05, 4.69) is 20.3 Å². The van der Waals surface area contributed by atoms with Crippen molar-refractivity contribution in [3.05, 3.63) is 106 Å². The number of benzene rings is 1. The highest BCUT2D eigenvalue weighted by Crippen LogP contribution is 2.31. The van der Waals surface area contributed by atoms with Crippen molar-refractivity contribution >= 4 is 44.7 Å². The third kappa shape index (κ3) is 4.52. The van der Waals surface area contributed by atoms with Gasteiger partial charge in [-0.1, -0.05) is 29.8 Å². The van der Waals surface area contributed by atoms with Crippen molar-refractivity contribution in [1.29, 1.82) is 0 Å². The number of carbonyl (C=O) groups is 1. The van der Waals surface area contributed by atoms with Gasteiger partial charge in [0, 0.05) is 17.8 Å². The number of fused-ring (bicyclic) bond motifs is 1. The number of hydrogen-bond acceptors (Lipinski definition) is 6. The van der Waals surface area contributed by atoms with E-state index < -0.39 is 0 Å². The number of rotatable bonds is 5. The van der Waals surface area contributed by atoms with Crippen LogP contribution in [0.15, 0.2) is 84.2 Å². The van der Waals surface area contributed by atoms with Crippen LogP contribution in [-0.2, 0) is 6.54 Å². The summed E-state index contributed by atoms with van der Waals surface area (Å²) in [6.45, 7) is 0.559. The van der Waals surface area contributed by atoms with E-state index in [1.807, 2.05) is 34.9 Å². The molecule has 7 nitrogen and oxygen atoms in total. The number of aromatic nitrogens is 4. The molecule has 4 aromatic heterocycles. The van der Waals surface area contributed by atoms with Gasteiger partial charge in [-0.2, -0.15) is 4.98 Å². The normalized spacial score (nSPS) is 10.9. The Balaban J connectivity index is 1.41. The molecule has 5 aromatic rings. The van der Waals surface area contributed by atoms with Gasteiger partial charge in [-0.25, -0.2) is 0 Å². The molecule has 0 radical (unpaired) electrons. The number of carbonyl (C=O) groups excluding carboxylic acids is 1. The minimum Gasteiger partial charge on any atom is -0.326 e. The van der Waals surface area contributed by atoms with Gasteiger partial charge in [-0.05, 0) is 48.0 Å². The van der Waals surface area contributed by atoms with E-state index in [-0.39, 0.29) is 11.5 Å². The van der Waals surface area contributed by atoms with Crippen molar-refractivity contribution in [3.63, 3.8) is 0 Å². The molecule has 162 valence electrons. The van der Waals surface area contributed by atoms with Gasteiger partial charge in [0.15, 0.2) is 0 Å². The van der Waals surface area contributed by atoms with E-state index in [0.29, 0.717) is 33.3 Å². The van der Waals surface area contributed by atoms with Gasteiger partial charge in [0.05, 0.1) is 34.3 Å². The van der Waals surface area contributed by atoms with Gasteiger partial charge in [-0.3, -0.25) is 19.6 Å². The lowest BCUT2D eigenvalue weighted by Crippen LogP contribution is -2.13. The molecule has 0 atom stereocenters. The summed E-state index contributed by atoms with van der Waals surface area (Å²) in [4.78, 5) is 38.0. The second-order valence-corrected chi connectivity index (χ2v) is 8.72. The topological polar surface area (TPSA) is 89.8 Å². The molecule has 0 aliphatic rings. The van der Waals surface area contributed by atoms with Crippen molar-refractivity contribution in [2.75, 3.05) is 5.32 Å². The van der Waals surface area contributed by atoms with Crippen LogP contribution < -0.4 is 10.9 Å². The molecule has 9 heteroatoms. The van der Waals surface area contributed by atoms with Crippen molar-refractivity contribution < 1.29 is 4.79 Å². The van der Waals surface area contributed by atoms with Crippen LogP contribution in [0, 0.1) is 0 Å². The van der Waals surface area contributed by atoms with Crippen LogP contribution >= 0.6 is 22.9 Å². The predicted octanol–water partition coefficient (Wildman–Crippen LogP) is 4.87. The molecule has 0 unspecified atom stereocenters. The van der Waals surface area contributed by atoms with Crippen LogP contribution in [0.2, 0.25) is 5.02 Å². The number of pyridine rings is 2. The van der Waals surface area contributed by atoms with Crippen LogP contribution in [0.1, 0.15) is 16.1 Å². The molecule has 1 aromatic carbocycles. The van der Waals surface area contributed by atoms with Crippen LogP contribution in [0.3, 0.4) is 0 Å². The molecule has 0 aliphatic heterocycles. The summed E-state index contributed by atoms with van der Waals surface area (Å²) < 4.78 is 2.50. The average molecular weight is 474 g/mol.